The fourth-order valence-corrected chi connectivity index (χ4v) is 3.25. The lowest BCUT2D eigenvalue weighted by atomic mass is 10.1. The summed E-state index contributed by atoms with van der Waals surface area (Å²) in [6.45, 7) is 0.410. The smallest absolute Gasteiger partial charge is 0.224 e. The highest BCUT2D eigenvalue weighted by Gasteiger charge is 2.20. The molecule has 0 atom stereocenters. The zero-order valence-corrected chi connectivity index (χ0v) is 16.4. The van der Waals surface area contributed by atoms with E-state index < -0.39 is 0 Å². The van der Waals surface area contributed by atoms with Gasteiger partial charge in [0, 0.05) is 17.8 Å². The molecule has 0 aliphatic heterocycles. The summed E-state index contributed by atoms with van der Waals surface area (Å²) in [5, 5.41) is 2.97. The molecule has 6 heteroatoms. The second-order valence-electron chi connectivity index (χ2n) is 6.67. The molecule has 0 saturated heterocycles. The summed E-state index contributed by atoms with van der Waals surface area (Å²) in [6, 6.07) is 13.1. The SMILES string of the molecule is COc1cccc(CNC(=O)Cc2ccc(N)cc2)c1OC1CCCC1.Cl. The van der Waals surface area contributed by atoms with Gasteiger partial charge in [0.2, 0.25) is 5.91 Å². The van der Waals surface area contributed by atoms with E-state index in [2.05, 4.69) is 5.32 Å². The zero-order chi connectivity index (χ0) is 18.4. The number of nitrogens with one attached hydrogen (secondary N) is 1. The number of hydrogen-bond donors (Lipinski definition) is 2. The van der Waals surface area contributed by atoms with Gasteiger partial charge in [-0.1, -0.05) is 24.3 Å². The van der Waals surface area contributed by atoms with Gasteiger partial charge in [-0.05, 0) is 49.4 Å². The first-order chi connectivity index (χ1) is 12.7. The Kier molecular flexibility index (Phi) is 7.80. The molecule has 1 fully saturated rings. The van der Waals surface area contributed by atoms with Crippen molar-refractivity contribution >= 4 is 24.0 Å². The van der Waals surface area contributed by atoms with Crippen LogP contribution in [-0.4, -0.2) is 19.1 Å². The summed E-state index contributed by atoms with van der Waals surface area (Å²) in [6.07, 6.45) is 5.10. The van der Waals surface area contributed by atoms with Gasteiger partial charge >= 0.3 is 0 Å². The molecule has 1 amide bonds. The van der Waals surface area contributed by atoms with E-state index in [0.717, 1.165) is 29.7 Å². The molecule has 2 aromatic carbocycles. The largest absolute Gasteiger partial charge is 0.493 e. The number of methoxy groups -OCH3 is 1. The van der Waals surface area contributed by atoms with Gasteiger partial charge in [-0.3, -0.25) is 4.79 Å². The Balaban J connectivity index is 0.00000261. The normalized spacial score (nSPS) is 13.7. The van der Waals surface area contributed by atoms with Gasteiger partial charge in [0.05, 0.1) is 19.6 Å². The lowest BCUT2D eigenvalue weighted by Gasteiger charge is -2.19. The van der Waals surface area contributed by atoms with Crippen molar-refractivity contribution in [1.29, 1.82) is 0 Å². The summed E-state index contributed by atoms with van der Waals surface area (Å²) in [7, 11) is 1.64. The first-order valence-corrected chi connectivity index (χ1v) is 9.09. The second-order valence-corrected chi connectivity index (χ2v) is 6.67. The second kappa shape index (κ2) is 10.1. The van der Waals surface area contributed by atoms with E-state index in [0.29, 0.717) is 24.4 Å². The minimum Gasteiger partial charge on any atom is -0.493 e. The number of para-hydroxylation sites is 1. The van der Waals surface area contributed by atoms with Crippen LogP contribution in [0.25, 0.3) is 0 Å². The molecule has 3 rings (SSSR count). The van der Waals surface area contributed by atoms with E-state index in [1.54, 1.807) is 19.2 Å². The highest BCUT2D eigenvalue weighted by Crippen LogP contribution is 2.34. The highest BCUT2D eigenvalue weighted by molar-refractivity contribution is 5.85. The first kappa shape index (κ1) is 20.9. The maximum absolute atomic E-state index is 12.3. The number of carbonyl (C=O) groups is 1. The van der Waals surface area contributed by atoms with E-state index in [1.165, 1.54) is 12.8 Å². The quantitative estimate of drug-likeness (QED) is 0.703. The van der Waals surface area contributed by atoms with Crippen molar-refractivity contribution in [2.45, 2.75) is 44.8 Å². The molecule has 1 saturated carbocycles. The number of hydrogen-bond acceptors (Lipinski definition) is 4. The summed E-state index contributed by atoms with van der Waals surface area (Å²) in [5.41, 5.74) is 8.24. The third-order valence-electron chi connectivity index (χ3n) is 4.69. The minimum atomic E-state index is -0.0376. The Morgan fingerprint density at radius 1 is 1.15 bits per heavy atom. The van der Waals surface area contributed by atoms with E-state index >= 15 is 0 Å². The summed E-state index contributed by atoms with van der Waals surface area (Å²) < 4.78 is 11.7. The van der Waals surface area contributed by atoms with Gasteiger partial charge in [0.25, 0.3) is 0 Å². The molecule has 0 aromatic heterocycles. The third-order valence-corrected chi connectivity index (χ3v) is 4.69. The van der Waals surface area contributed by atoms with Crippen molar-refractivity contribution in [1.82, 2.24) is 5.32 Å². The van der Waals surface area contributed by atoms with E-state index in [9.17, 15) is 4.79 Å². The van der Waals surface area contributed by atoms with Crippen LogP contribution in [-0.2, 0) is 17.8 Å². The highest BCUT2D eigenvalue weighted by atomic mass is 35.5. The van der Waals surface area contributed by atoms with Crippen LogP contribution in [0, 0.1) is 0 Å². The van der Waals surface area contributed by atoms with Crippen molar-refractivity contribution in [2.75, 3.05) is 12.8 Å². The van der Waals surface area contributed by atoms with Gasteiger partial charge in [-0.25, -0.2) is 0 Å². The average Bonchev–Trinajstić information content (AvgIpc) is 3.16. The van der Waals surface area contributed by atoms with Gasteiger partial charge in [0.15, 0.2) is 11.5 Å². The third kappa shape index (κ3) is 5.79. The molecule has 1 aliphatic carbocycles. The predicted molar refractivity (Wildman–Crippen MR) is 110 cm³/mol. The van der Waals surface area contributed by atoms with E-state index in [1.807, 2.05) is 30.3 Å². The number of amides is 1. The molecule has 2 aromatic rings. The van der Waals surface area contributed by atoms with Crippen molar-refractivity contribution in [3.8, 4) is 11.5 Å². The van der Waals surface area contributed by atoms with Crippen LogP contribution < -0.4 is 20.5 Å². The van der Waals surface area contributed by atoms with Crippen LogP contribution in [0.4, 0.5) is 5.69 Å². The van der Waals surface area contributed by atoms with Crippen LogP contribution in [0.3, 0.4) is 0 Å². The zero-order valence-electron chi connectivity index (χ0n) is 15.6. The molecule has 0 unspecified atom stereocenters. The number of benzene rings is 2. The Hall–Kier alpha value is -2.40. The Morgan fingerprint density at radius 3 is 2.52 bits per heavy atom. The maximum Gasteiger partial charge on any atom is 0.224 e. The van der Waals surface area contributed by atoms with Crippen molar-refractivity contribution in [2.24, 2.45) is 0 Å². The van der Waals surface area contributed by atoms with Crippen LogP contribution >= 0.6 is 12.4 Å². The molecular formula is C21H27ClN2O3. The number of rotatable bonds is 7. The number of anilines is 1. The van der Waals surface area contributed by atoms with Crippen LogP contribution in [0.5, 0.6) is 11.5 Å². The Morgan fingerprint density at radius 2 is 1.85 bits per heavy atom. The summed E-state index contributed by atoms with van der Waals surface area (Å²) in [5.74, 6) is 1.42. The summed E-state index contributed by atoms with van der Waals surface area (Å²) >= 11 is 0. The minimum absolute atomic E-state index is 0. The Bertz CT molecular complexity index is 744. The molecule has 0 bridgehead atoms. The van der Waals surface area contributed by atoms with Gasteiger partial charge < -0.3 is 20.5 Å². The molecule has 5 nitrogen and oxygen atoms in total. The predicted octanol–water partition coefficient (Wildman–Crippen LogP) is 3.88. The monoisotopic (exact) mass is 390 g/mol. The first-order valence-electron chi connectivity index (χ1n) is 9.09. The molecular weight excluding hydrogens is 364 g/mol. The number of carbonyl (C=O) groups excluding carboxylic acids is 1. The van der Waals surface area contributed by atoms with Gasteiger partial charge in [0.1, 0.15) is 0 Å². The van der Waals surface area contributed by atoms with Gasteiger partial charge in [-0.2, -0.15) is 0 Å². The molecule has 3 N–H and O–H groups in total. The number of ether oxygens (including phenoxy) is 2. The van der Waals surface area contributed by atoms with Crippen LogP contribution in [0.2, 0.25) is 0 Å². The number of nitrogens with two attached hydrogens (primary N) is 1. The van der Waals surface area contributed by atoms with Gasteiger partial charge in [-0.15, -0.1) is 12.4 Å². The standard InChI is InChI=1S/C21H26N2O3.ClH/c1-25-19-8-4-5-16(21(19)26-18-6-2-3-7-18)14-23-20(24)13-15-9-11-17(22)12-10-15;/h4-5,8-12,18H,2-3,6-7,13-14,22H2,1H3,(H,23,24);1H. The number of halogens is 1. The van der Waals surface area contributed by atoms with Crippen LogP contribution in [0.1, 0.15) is 36.8 Å². The Labute approximate surface area is 166 Å². The van der Waals surface area contributed by atoms with E-state index in [-0.39, 0.29) is 24.4 Å². The number of nitrogen functional groups attached to an aromatic ring is 1. The lowest BCUT2D eigenvalue weighted by Crippen LogP contribution is -2.25. The molecule has 0 spiro atoms. The van der Waals surface area contributed by atoms with Crippen molar-refractivity contribution < 1.29 is 14.3 Å². The average molecular weight is 391 g/mol. The topological polar surface area (TPSA) is 73.6 Å². The van der Waals surface area contributed by atoms with Crippen molar-refractivity contribution in [3.63, 3.8) is 0 Å². The maximum atomic E-state index is 12.3. The summed E-state index contributed by atoms with van der Waals surface area (Å²) in [4.78, 5) is 12.3. The lowest BCUT2D eigenvalue weighted by molar-refractivity contribution is -0.120. The molecule has 0 radical (unpaired) electrons. The molecule has 27 heavy (non-hydrogen) atoms. The molecule has 0 heterocycles. The van der Waals surface area contributed by atoms with Crippen molar-refractivity contribution in [3.05, 3.63) is 53.6 Å². The fourth-order valence-electron chi connectivity index (χ4n) is 3.25. The van der Waals surface area contributed by atoms with E-state index in [4.69, 9.17) is 15.2 Å². The molecule has 1 aliphatic rings. The molecule has 146 valence electrons. The fraction of sp³-hybridized carbons (Fsp3) is 0.381. The van der Waals surface area contributed by atoms with Crippen LogP contribution in [0.15, 0.2) is 42.5 Å².